The van der Waals surface area contributed by atoms with Gasteiger partial charge in [0, 0.05) is 11.1 Å². The summed E-state index contributed by atoms with van der Waals surface area (Å²) in [5.74, 6) is 2.27. The Morgan fingerprint density at radius 2 is 1.33 bits per heavy atom. The molecule has 1 aromatic heterocycles. The topological polar surface area (TPSA) is 72.1 Å². The lowest BCUT2D eigenvalue weighted by Gasteiger charge is -2.06. The quantitative estimate of drug-likeness (QED) is 0.746. The molecule has 0 saturated heterocycles. The number of hydrogen-bond donors (Lipinski definition) is 2. The molecule has 2 aromatic carbocycles. The van der Waals surface area contributed by atoms with Gasteiger partial charge < -0.3 is 24.1 Å². The summed E-state index contributed by atoms with van der Waals surface area (Å²) in [6.45, 7) is 1.94. The second-order valence-electron chi connectivity index (χ2n) is 5.40. The van der Waals surface area contributed by atoms with Crippen LogP contribution in [0.5, 0.6) is 23.0 Å². The number of methoxy groups -OCH3 is 2. The van der Waals surface area contributed by atoms with E-state index in [0.29, 0.717) is 23.0 Å². The Morgan fingerprint density at radius 3 is 1.92 bits per heavy atom. The second-order valence-corrected chi connectivity index (χ2v) is 5.40. The number of ether oxygens (including phenoxy) is 2. The van der Waals surface area contributed by atoms with Crippen LogP contribution in [0.15, 0.2) is 46.9 Å². The molecule has 124 valence electrons. The van der Waals surface area contributed by atoms with Gasteiger partial charge in [-0.3, -0.25) is 0 Å². The molecule has 3 rings (SSSR count). The van der Waals surface area contributed by atoms with Crippen molar-refractivity contribution in [2.45, 2.75) is 6.92 Å². The van der Waals surface area contributed by atoms with E-state index in [1.807, 2.05) is 13.0 Å². The first kappa shape index (κ1) is 15.8. The van der Waals surface area contributed by atoms with Gasteiger partial charge >= 0.3 is 0 Å². The molecular formula is C19H18O5. The van der Waals surface area contributed by atoms with Crippen LogP contribution >= 0.6 is 0 Å². The Hall–Kier alpha value is -3.08. The molecule has 0 spiro atoms. The highest BCUT2D eigenvalue weighted by Gasteiger charge is 2.15. The standard InChI is InChI=1S/C19H18O5/c1-11-8-16(12-4-6-14(20)17(9-12)22-2)24-19(11)13-5-7-15(21)18(10-13)23-3/h4-10,20-21H,1-3H3. The molecule has 0 bridgehead atoms. The van der Waals surface area contributed by atoms with E-state index in [1.165, 1.54) is 14.2 Å². The van der Waals surface area contributed by atoms with E-state index in [4.69, 9.17) is 13.9 Å². The zero-order valence-electron chi connectivity index (χ0n) is 13.7. The fraction of sp³-hybridized carbons (Fsp3) is 0.158. The molecule has 3 aromatic rings. The van der Waals surface area contributed by atoms with E-state index in [-0.39, 0.29) is 11.5 Å². The Labute approximate surface area is 139 Å². The first-order valence-corrected chi connectivity index (χ1v) is 7.38. The zero-order valence-corrected chi connectivity index (χ0v) is 13.7. The molecule has 24 heavy (non-hydrogen) atoms. The van der Waals surface area contributed by atoms with E-state index >= 15 is 0 Å². The van der Waals surface area contributed by atoms with E-state index < -0.39 is 0 Å². The monoisotopic (exact) mass is 326 g/mol. The van der Waals surface area contributed by atoms with Crippen molar-refractivity contribution >= 4 is 0 Å². The van der Waals surface area contributed by atoms with Gasteiger partial charge in [-0.15, -0.1) is 0 Å². The third-order valence-corrected chi connectivity index (χ3v) is 3.82. The van der Waals surface area contributed by atoms with Crippen molar-refractivity contribution in [3.05, 3.63) is 48.0 Å². The van der Waals surface area contributed by atoms with Gasteiger partial charge in [-0.05, 0) is 55.0 Å². The summed E-state index contributed by atoms with van der Waals surface area (Å²) in [7, 11) is 3.00. The van der Waals surface area contributed by atoms with Crippen LogP contribution < -0.4 is 9.47 Å². The lowest BCUT2D eigenvalue weighted by Crippen LogP contribution is -1.85. The smallest absolute Gasteiger partial charge is 0.161 e. The molecule has 0 aliphatic heterocycles. The zero-order chi connectivity index (χ0) is 17.3. The minimum Gasteiger partial charge on any atom is -0.504 e. The third kappa shape index (κ3) is 2.76. The normalized spacial score (nSPS) is 10.6. The molecule has 0 fully saturated rings. The summed E-state index contributed by atoms with van der Waals surface area (Å²) in [5.41, 5.74) is 2.55. The molecule has 0 aliphatic carbocycles. The lowest BCUT2D eigenvalue weighted by molar-refractivity contribution is 0.373. The molecular weight excluding hydrogens is 308 g/mol. The molecule has 0 aliphatic rings. The van der Waals surface area contributed by atoms with Gasteiger partial charge in [-0.25, -0.2) is 0 Å². The van der Waals surface area contributed by atoms with Gasteiger partial charge in [0.05, 0.1) is 14.2 Å². The van der Waals surface area contributed by atoms with Gasteiger partial charge in [-0.1, -0.05) is 0 Å². The molecule has 5 heteroatoms. The summed E-state index contributed by atoms with van der Waals surface area (Å²) >= 11 is 0. The highest BCUT2D eigenvalue weighted by atomic mass is 16.5. The van der Waals surface area contributed by atoms with E-state index in [1.54, 1.807) is 36.4 Å². The van der Waals surface area contributed by atoms with Crippen LogP contribution in [-0.4, -0.2) is 24.4 Å². The first-order chi connectivity index (χ1) is 11.5. The highest BCUT2D eigenvalue weighted by molar-refractivity contribution is 5.71. The Bertz CT molecular complexity index is 879. The maximum absolute atomic E-state index is 9.72. The van der Waals surface area contributed by atoms with Crippen LogP contribution in [0.3, 0.4) is 0 Å². The van der Waals surface area contributed by atoms with Crippen LogP contribution in [0.2, 0.25) is 0 Å². The number of benzene rings is 2. The van der Waals surface area contributed by atoms with Gasteiger partial charge in [0.2, 0.25) is 0 Å². The average Bonchev–Trinajstić information content (AvgIpc) is 2.97. The number of phenolic OH excluding ortho intramolecular Hbond substituents is 2. The van der Waals surface area contributed by atoms with Crippen LogP contribution in [-0.2, 0) is 0 Å². The van der Waals surface area contributed by atoms with E-state index in [9.17, 15) is 10.2 Å². The highest BCUT2D eigenvalue weighted by Crippen LogP contribution is 2.38. The molecule has 0 amide bonds. The van der Waals surface area contributed by atoms with Crippen molar-refractivity contribution in [3.63, 3.8) is 0 Å². The van der Waals surface area contributed by atoms with Crippen LogP contribution in [0.1, 0.15) is 5.56 Å². The lowest BCUT2D eigenvalue weighted by atomic mass is 10.1. The van der Waals surface area contributed by atoms with Crippen LogP contribution in [0.4, 0.5) is 0 Å². The minimum atomic E-state index is 0.0769. The average molecular weight is 326 g/mol. The molecule has 1 heterocycles. The molecule has 0 radical (unpaired) electrons. The van der Waals surface area contributed by atoms with Gasteiger partial charge in [0.25, 0.3) is 0 Å². The first-order valence-electron chi connectivity index (χ1n) is 7.38. The van der Waals surface area contributed by atoms with Crippen LogP contribution in [0.25, 0.3) is 22.6 Å². The largest absolute Gasteiger partial charge is 0.504 e. The summed E-state index contributed by atoms with van der Waals surface area (Å²) in [6.07, 6.45) is 0. The fourth-order valence-electron chi connectivity index (χ4n) is 2.56. The van der Waals surface area contributed by atoms with Crippen molar-refractivity contribution in [3.8, 4) is 45.6 Å². The summed E-state index contributed by atoms with van der Waals surface area (Å²) in [4.78, 5) is 0. The Balaban J connectivity index is 2.05. The summed E-state index contributed by atoms with van der Waals surface area (Å²) in [6, 6.07) is 12.0. The fourth-order valence-corrected chi connectivity index (χ4v) is 2.56. The summed E-state index contributed by atoms with van der Waals surface area (Å²) < 4.78 is 16.3. The molecule has 0 saturated carbocycles. The van der Waals surface area contributed by atoms with E-state index in [0.717, 1.165) is 16.7 Å². The Kier molecular flexibility index (Phi) is 4.08. The Morgan fingerprint density at radius 1 is 0.792 bits per heavy atom. The minimum absolute atomic E-state index is 0.0769. The van der Waals surface area contributed by atoms with Crippen molar-refractivity contribution < 1.29 is 24.1 Å². The van der Waals surface area contributed by atoms with Gasteiger partial charge in [-0.2, -0.15) is 0 Å². The number of aryl methyl sites for hydroxylation is 1. The third-order valence-electron chi connectivity index (χ3n) is 3.82. The van der Waals surface area contributed by atoms with Gasteiger partial charge in [0.15, 0.2) is 23.0 Å². The van der Waals surface area contributed by atoms with Crippen molar-refractivity contribution in [2.24, 2.45) is 0 Å². The summed E-state index contributed by atoms with van der Waals surface area (Å²) in [5, 5.41) is 19.4. The maximum atomic E-state index is 9.72. The maximum Gasteiger partial charge on any atom is 0.161 e. The SMILES string of the molecule is COc1cc(-c2cc(C)c(-c3ccc(O)c(OC)c3)o2)ccc1O. The number of rotatable bonds is 4. The predicted octanol–water partition coefficient (Wildman–Crippen LogP) is 4.35. The number of aromatic hydroxyl groups is 2. The van der Waals surface area contributed by atoms with Crippen LogP contribution in [0, 0.1) is 6.92 Å². The molecule has 0 atom stereocenters. The van der Waals surface area contributed by atoms with Crippen molar-refractivity contribution in [2.75, 3.05) is 14.2 Å². The molecule has 0 unspecified atom stereocenters. The number of phenols is 2. The molecule has 5 nitrogen and oxygen atoms in total. The van der Waals surface area contributed by atoms with Gasteiger partial charge in [0.1, 0.15) is 11.5 Å². The van der Waals surface area contributed by atoms with Crippen molar-refractivity contribution in [1.29, 1.82) is 0 Å². The number of furan rings is 1. The predicted molar refractivity (Wildman–Crippen MR) is 90.8 cm³/mol. The molecule has 2 N–H and O–H groups in total. The number of hydrogen-bond acceptors (Lipinski definition) is 5. The van der Waals surface area contributed by atoms with E-state index in [2.05, 4.69) is 0 Å². The second kappa shape index (κ2) is 6.20. The van der Waals surface area contributed by atoms with Crippen molar-refractivity contribution in [1.82, 2.24) is 0 Å².